The predicted octanol–water partition coefficient (Wildman–Crippen LogP) is 5.01. The number of carbonyl (C=O) groups is 1. The molecule has 0 radical (unpaired) electrons. The topological polar surface area (TPSA) is 26.3 Å². The number of allylic oxidation sites excluding steroid dienone is 1. The van der Waals surface area contributed by atoms with E-state index < -0.39 is 0 Å². The highest BCUT2D eigenvalue weighted by molar-refractivity contribution is 9.10. The summed E-state index contributed by atoms with van der Waals surface area (Å²) in [6, 6.07) is 14.5. The summed E-state index contributed by atoms with van der Waals surface area (Å²) in [4.78, 5) is 12.3. The first-order chi connectivity index (χ1) is 10.2. The van der Waals surface area contributed by atoms with E-state index in [-0.39, 0.29) is 5.78 Å². The number of halogens is 2. The van der Waals surface area contributed by atoms with E-state index in [0.29, 0.717) is 17.7 Å². The van der Waals surface area contributed by atoms with E-state index >= 15 is 0 Å². The molecule has 2 aromatic rings. The Hall–Kier alpha value is -1.39. The Morgan fingerprint density at radius 1 is 0.952 bits per heavy atom. The molecule has 0 saturated heterocycles. The van der Waals surface area contributed by atoms with Crippen molar-refractivity contribution >= 4 is 37.6 Å². The van der Waals surface area contributed by atoms with Crippen LogP contribution < -0.4 is 4.74 Å². The molecule has 21 heavy (non-hydrogen) atoms. The Balaban J connectivity index is 2.02. The Morgan fingerprint density at radius 2 is 1.52 bits per heavy atom. The van der Waals surface area contributed by atoms with Gasteiger partial charge in [0.05, 0.1) is 0 Å². The number of ketones is 1. The third kappa shape index (κ3) is 4.83. The van der Waals surface area contributed by atoms with Crippen molar-refractivity contribution in [1.82, 2.24) is 0 Å². The summed E-state index contributed by atoms with van der Waals surface area (Å²) in [5.41, 5.74) is 1.33. The van der Waals surface area contributed by atoms with Gasteiger partial charge in [0.15, 0.2) is 5.78 Å². The first kappa shape index (κ1) is 16.0. The summed E-state index contributed by atoms with van der Waals surface area (Å²) in [6.07, 6.45) is 3.92. The minimum Gasteiger partial charge on any atom is -0.490 e. The van der Waals surface area contributed by atoms with Crippen LogP contribution in [0.15, 0.2) is 65.2 Å². The standard InChI is InChI=1S/C17H14Br2O2/c18-11-1-2-12-21-16-9-5-14(6-10-16)17(20)13-3-7-15(19)8-4-13/h1-10H,11-12H2. The van der Waals surface area contributed by atoms with Crippen molar-refractivity contribution < 1.29 is 9.53 Å². The van der Waals surface area contributed by atoms with Gasteiger partial charge in [0.1, 0.15) is 12.4 Å². The van der Waals surface area contributed by atoms with E-state index in [2.05, 4.69) is 31.9 Å². The summed E-state index contributed by atoms with van der Waals surface area (Å²) in [7, 11) is 0. The minimum atomic E-state index is 0.00762. The van der Waals surface area contributed by atoms with E-state index in [4.69, 9.17) is 4.74 Å². The average molecular weight is 410 g/mol. The molecule has 0 aliphatic rings. The number of hydrogen-bond donors (Lipinski definition) is 0. The molecule has 0 saturated carbocycles. The molecule has 0 atom stereocenters. The second-order valence-electron chi connectivity index (χ2n) is 4.30. The largest absolute Gasteiger partial charge is 0.490 e. The molecule has 0 aromatic heterocycles. The van der Waals surface area contributed by atoms with E-state index in [1.807, 2.05) is 48.6 Å². The van der Waals surface area contributed by atoms with Crippen molar-refractivity contribution in [3.05, 3.63) is 76.3 Å². The Labute approximate surface area is 141 Å². The van der Waals surface area contributed by atoms with Crippen molar-refractivity contribution in [3.63, 3.8) is 0 Å². The first-order valence-corrected chi connectivity index (χ1v) is 8.36. The van der Waals surface area contributed by atoms with Gasteiger partial charge in [-0.05, 0) is 48.5 Å². The molecule has 4 heteroatoms. The lowest BCUT2D eigenvalue weighted by Gasteiger charge is -2.05. The van der Waals surface area contributed by atoms with Crippen LogP contribution in [0.4, 0.5) is 0 Å². The Morgan fingerprint density at radius 3 is 2.10 bits per heavy atom. The van der Waals surface area contributed by atoms with Crippen LogP contribution in [0, 0.1) is 0 Å². The van der Waals surface area contributed by atoms with Crippen molar-refractivity contribution in [2.75, 3.05) is 11.9 Å². The number of ether oxygens (including phenoxy) is 1. The monoisotopic (exact) mass is 408 g/mol. The van der Waals surface area contributed by atoms with Crippen molar-refractivity contribution in [1.29, 1.82) is 0 Å². The second kappa shape index (κ2) is 8.15. The maximum atomic E-state index is 12.3. The van der Waals surface area contributed by atoms with Crippen LogP contribution in [0.3, 0.4) is 0 Å². The van der Waals surface area contributed by atoms with Crippen LogP contribution in [0.1, 0.15) is 15.9 Å². The molecule has 0 fully saturated rings. The van der Waals surface area contributed by atoms with Gasteiger partial charge in [-0.2, -0.15) is 0 Å². The molecule has 2 rings (SSSR count). The Kier molecular flexibility index (Phi) is 6.21. The van der Waals surface area contributed by atoms with Gasteiger partial charge in [0, 0.05) is 20.9 Å². The summed E-state index contributed by atoms with van der Waals surface area (Å²) in [5, 5.41) is 0.816. The Bertz CT molecular complexity index is 616. The molecule has 108 valence electrons. The molecule has 0 unspecified atom stereocenters. The average Bonchev–Trinajstić information content (AvgIpc) is 2.52. The van der Waals surface area contributed by atoms with Crippen LogP contribution >= 0.6 is 31.9 Å². The van der Waals surface area contributed by atoms with Crippen LogP contribution in [0.25, 0.3) is 0 Å². The maximum Gasteiger partial charge on any atom is 0.193 e. The molecule has 0 spiro atoms. The highest BCUT2D eigenvalue weighted by Gasteiger charge is 2.08. The molecule has 0 N–H and O–H groups in total. The summed E-state index contributed by atoms with van der Waals surface area (Å²) in [5.74, 6) is 0.759. The minimum absolute atomic E-state index is 0.00762. The number of carbonyl (C=O) groups excluding carboxylic acids is 1. The fourth-order valence-corrected chi connectivity index (χ4v) is 2.27. The zero-order valence-electron chi connectivity index (χ0n) is 11.3. The lowest BCUT2D eigenvalue weighted by molar-refractivity contribution is 0.103. The number of benzene rings is 2. The number of alkyl halides is 1. The third-order valence-electron chi connectivity index (χ3n) is 2.82. The van der Waals surface area contributed by atoms with Crippen molar-refractivity contribution in [3.8, 4) is 5.75 Å². The molecule has 0 aliphatic heterocycles. The van der Waals surface area contributed by atoms with Crippen LogP contribution in [0.5, 0.6) is 5.75 Å². The quantitative estimate of drug-likeness (QED) is 0.380. The van der Waals surface area contributed by atoms with E-state index in [1.165, 1.54) is 0 Å². The van der Waals surface area contributed by atoms with E-state index in [1.54, 1.807) is 12.1 Å². The molecule has 0 aliphatic carbocycles. The zero-order chi connectivity index (χ0) is 15.1. The molecule has 2 nitrogen and oxygen atoms in total. The van der Waals surface area contributed by atoms with Gasteiger partial charge in [0.2, 0.25) is 0 Å². The fourth-order valence-electron chi connectivity index (χ4n) is 1.75. The molecule has 0 bridgehead atoms. The maximum absolute atomic E-state index is 12.3. The lowest BCUT2D eigenvalue weighted by Crippen LogP contribution is -2.01. The highest BCUT2D eigenvalue weighted by Crippen LogP contribution is 2.17. The van der Waals surface area contributed by atoms with E-state index in [0.717, 1.165) is 15.6 Å². The van der Waals surface area contributed by atoms with Gasteiger partial charge in [-0.1, -0.05) is 44.0 Å². The fraction of sp³-hybridized carbons (Fsp3) is 0.118. The third-order valence-corrected chi connectivity index (χ3v) is 3.73. The molecule has 0 amide bonds. The summed E-state index contributed by atoms with van der Waals surface area (Å²) >= 11 is 6.66. The predicted molar refractivity (Wildman–Crippen MR) is 92.4 cm³/mol. The molecule has 2 aromatic carbocycles. The van der Waals surface area contributed by atoms with Gasteiger partial charge in [-0.3, -0.25) is 4.79 Å². The van der Waals surface area contributed by atoms with Crippen molar-refractivity contribution in [2.24, 2.45) is 0 Å². The lowest BCUT2D eigenvalue weighted by atomic mass is 10.0. The van der Waals surface area contributed by atoms with Gasteiger partial charge in [-0.25, -0.2) is 0 Å². The highest BCUT2D eigenvalue weighted by atomic mass is 79.9. The van der Waals surface area contributed by atoms with Gasteiger partial charge in [0.25, 0.3) is 0 Å². The normalized spacial score (nSPS) is 10.8. The van der Waals surface area contributed by atoms with E-state index in [9.17, 15) is 4.79 Å². The summed E-state index contributed by atoms with van der Waals surface area (Å²) < 4.78 is 6.50. The van der Waals surface area contributed by atoms with Crippen LogP contribution in [-0.2, 0) is 0 Å². The molecule has 0 heterocycles. The second-order valence-corrected chi connectivity index (χ2v) is 5.86. The van der Waals surface area contributed by atoms with Gasteiger partial charge in [-0.15, -0.1) is 0 Å². The van der Waals surface area contributed by atoms with Crippen molar-refractivity contribution in [2.45, 2.75) is 0 Å². The zero-order valence-corrected chi connectivity index (χ0v) is 14.4. The van der Waals surface area contributed by atoms with Gasteiger partial charge >= 0.3 is 0 Å². The molecular formula is C17H14Br2O2. The SMILES string of the molecule is O=C(c1ccc(Br)cc1)c1ccc(OCC=CCBr)cc1. The van der Waals surface area contributed by atoms with Crippen LogP contribution in [-0.4, -0.2) is 17.7 Å². The number of rotatable bonds is 6. The smallest absolute Gasteiger partial charge is 0.193 e. The van der Waals surface area contributed by atoms with Gasteiger partial charge < -0.3 is 4.74 Å². The van der Waals surface area contributed by atoms with Crippen LogP contribution in [0.2, 0.25) is 0 Å². The number of hydrogen-bond acceptors (Lipinski definition) is 2. The first-order valence-electron chi connectivity index (χ1n) is 6.45. The summed E-state index contributed by atoms with van der Waals surface area (Å²) in [6.45, 7) is 0.519. The molecular weight excluding hydrogens is 396 g/mol.